The third kappa shape index (κ3) is 2.82. The highest BCUT2D eigenvalue weighted by molar-refractivity contribution is 5.87. The lowest BCUT2D eigenvalue weighted by molar-refractivity contribution is 0.0922. The van der Waals surface area contributed by atoms with Crippen LogP contribution in [0, 0.1) is 0 Å². The fourth-order valence-corrected chi connectivity index (χ4v) is 1.81. The van der Waals surface area contributed by atoms with Crippen LogP contribution in [-0.2, 0) is 0 Å². The minimum Gasteiger partial charge on any atom is -0.486 e. The summed E-state index contributed by atoms with van der Waals surface area (Å²) < 4.78 is 16.0. The Balaban J connectivity index is 1.49. The first-order valence-corrected chi connectivity index (χ1v) is 6.15. The number of ether oxygens (including phenoxy) is 2. The van der Waals surface area contributed by atoms with Crippen molar-refractivity contribution >= 4 is 11.9 Å². The molecule has 1 unspecified atom stereocenters. The molecular weight excluding hydrogens is 262 g/mol. The second-order valence-corrected chi connectivity index (χ2v) is 4.21. The van der Waals surface area contributed by atoms with Gasteiger partial charge in [-0.15, -0.1) is 0 Å². The van der Waals surface area contributed by atoms with Gasteiger partial charge in [0.1, 0.15) is 6.61 Å². The zero-order chi connectivity index (χ0) is 13.8. The molecule has 3 rings (SSSR count). The summed E-state index contributed by atoms with van der Waals surface area (Å²) in [7, 11) is 0. The van der Waals surface area contributed by atoms with Crippen molar-refractivity contribution in [1.29, 1.82) is 0 Å². The summed E-state index contributed by atoms with van der Waals surface area (Å²) in [6, 6.07) is 8.59. The molecule has 104 valence electrons. The van der Waals surface area contributed by atoms with Crippen molar-refractivity contribution in [3.8, 4) is 11.5 Å². The zero-order valence-corrected chi connectivity index (χ0v) is 10.5. The van der Waals surface area contributed by atoms with Gasteiger partial charge < -0.3 is 19.3 Å². The van der Waals surface area contributed by atoms with E-state index in [-0.39, 0.29) is 18.0 Å². The van der Waals surface area contributed by atoms with Crippen molar-refractivity contribution in [2.75, 3.05) is 18.5 Å². The van der Waals surface area contributed by atoms with Gasteiger partial charge in [-0.25, -0.2) is 4.79 Å². The van der Waals surface area contributed by atoms with Crippen LogP contribution in [0.4, 0.5) is 10.7 Å². The molecule has 0 saturated heterocycles. The van der Waals surface area contributed by atoms with E-state index in [4.69, 9.17) is 14.0 Å². The predicted octanol–water partition coefficient (Wildman–Crippen LogP) is 1.64. The van der Waals surface area contributed by atoms with Crippen molar-refractivity contribution in [3.63, 3.8) is 0 Å². The number of hydrogen-bond donors (Lipinski definition) is 2. The maximum atomic E-state index is 11.6. The highest BCUT2D eigenvalue weighted by Crippen LogP contribution is 2.30. The molecule has 0 bridgehead atoms. The molecule has 0 aliphatic carbocycles. The zero-order valence-electron chi connectivity index (χ0n) is 10.5. The topological polar surface area (TPSA) is 85.6 Å². The number of fused-ring (bicyclic) bond motifs is 1. The molecule has 1 aliphatic heterocycles. The molecule has 1 aliphatic rings. The summed E-state index contributed by atoms with van der Waals surface area (Å²) >= 11 is 0. The first kappa shape index (κ1) is 12.3. The van der Waals surface area contributed by atoms with Gasteiger partial charge in [-0.3, -0.25) is 5.32 Å². The van der Waals surface area contributed by atoms with Crippen LogP contribution >= 0.6 is 0 Å². The second-order valence-electron chi connectivity index (χ2n) is 4.21. The van der Waals surface area contributed by atoms with Crippen LogP contribution in [0.3, 0.4) is 0 Å². The van der Waals surface area contributed by atoms with Gasteiger partial charge in [0.05, 0.1) is 12.7 Å². The Morgan fingerprint density at radius 2 is 2.15 bits per heavy atom. The van der Waals surface area contributed by atoms with Crippen LogP contribution < -0.4 is 20.1 Å². The van der Waals surface area contributed by atoms with Gasteiger partial charge in [0.25, 0.3) is 0 Å². The number of anilines is 1. The van der Waals surface area contributed by atoms with Crippen molar-refractivity contribution in [2.24, 2.45) is 0 Å². The predicted molar refractivity (Wildman–Crippen MR) is 69.9 cm³/mol. The minimum atomic E-state index is -0.385. The monoisotopic (exact) mass is 275 g/mol. The maximum Gasteiger partial charge on any atom is 0.321 e. The van der Waals surface area contributed by atoms with Crippen molar-refractivity contribution in [3.05, 3.63) is 36.5 Å². The van der Waals surface area contributed by atoms with Crippen LogP contribution in [0.15, 0.2) is 41.1 Å². The number of hydrogen-bond acceptors (Lipinski definition) is 5. The Morgan fingerprint density at radius 1 is 1.30 bits per heavy atom. The lowest BCUT2D eigenvalue weighted by atomic mass is 10.2. The molecule has 0 saturated carbocycles. The molecule has 2 heterocycles. The molecule has 0 spiro atoms. The fourth-order valence-electron chi connectivity index (χ4n) is 1.81. The number of carbonyl (C=O) groups excluding carboxylic acids is 1. The molecule has 7 heteroatoms. The first-order valence-electron chi connectivity index (χ1n) is 6.15. The van der Waals surface area contributed by atoms with Gasteiger partial charge in [0.15, 0.2) is 17.6 Å². The number of nitrogens with one attached hydrogen (secondary N) is 2. The summed E-state index contributed by atoms with van der Waals surface area (Å²) in [6.07, 6.45) is 1.22. The van der Waals surface area contributed by atoms with Crippen LogP contribution in [0.2, 0.25) is 0 Å². The van der Waals surface area contributed by atoms with Crippen molar-refractivity contribution < 1.29 is 18.8 Å². The van der Waals surface area contributed by atoms with Crippen LogP contribution in [0.5, 0.6) is 11.5 Å². The second kappa shape index (κ2) is 5.52. The Hall–Kier alpha value is -2.70. The van der Waals surface area contributed by atoms with Gasteiger partial charge in [0.2, 0.25) is 5.88 Å². The van der Waals surface area contributed by atoms with E-state index in [1.807, 2.05) is 24.3 Å². The standard InChI is InChI=1S/C13H13N3O4/c17-13(16-12-5-6-15-20-12)14-7-9-8-18-10-3-1-2-4-11(10)19-9/h1-6,9H,7-8H2,(H2,14,16,17). The number of para-hydroxylation sites is 2. The number of urea groups is 1. The number of rotatable bonds is 3. The number of benzene rings is 1. The molecule has 2 N–H and O–H groups in total. The summed E-state index contributed by atoms with van der Waals surface area (Å²) in [5.74, 6) is 1.68. The average Bonchev–Trinajstić information content (AvgIpc) is 2.98. The van der Waals surface area contributed by atoms with E-state index in [1.54, 1.807) is 6.07 Å². The Kier molecular flexibility index (Phi) is 3.40. The molecule has 0 radical (unpaired) electrons. The first-order chi connectivity index (χ1) is 9.81. The number of aromatic nitrogens is 1. The lowest BCUT2D eigenvalue weighted by Crippen LogP contribution is -2.42. The van der Waals surface area contributed by atoms with Crippen molar-refractivity contribution in [1.82, 2.24) is 10.5 Å². The number of carbonyl (C=O) groups is 1. The SMILES string of the molecule is O=C(NCC1COc2ccccc2O1)Nc1ccno1. The molecular formula is C13H13N3O4. The molecule has 1 atom stereocenters. The Labute approximate surface area is 114 Å². The van der Waals surface area contributed by atoms with Gasteiger partial charge >= 0.3 is 6.03 Å². The number of nitrogens with zero attached hydrogens (tertiary/aromatic N) is 1. The summed E-state index contributed by atoms with van der Waals surface area (Å²) in [6.45, 7) is 0.716. The highest BCUT2D eigenvalue weighted by atomic mass is 16.6. The number of amides is 2. The van der Waals surface area contributed by atoms with E-state index < -0.39 is 0 Å². The smallest absolute Gasteiger partial charge is 0.321 e. The average molecular weight is 275 g/mol. The normalized spacial score (nSPS) is 16.5. The van der Waals surface area contributed by atoms with Crippen LogP contribution in [-0.4, -0.2) is 30.4 Å². The van der Waals surface area contributed by atoms with Gasteiger partial charge in [-0.2, -0.15) is 0 Å². The molecule has 1 aromatic heterocycles. The quantitative estimate of drug-likeness (QED) is 0.889. The maximum absolute atomic E-state index is 11.6. The van der Waals surface area contributed by atoms with E-state index in [2.05, 4.69) is 15.8 Å². The highest BCUT2D eigenvalue weighted by Gasteiger charge is 2.21. The fraction of sp³-hybridized carbons (Fsp3) is 0.231. The third-order valence-corrected chi connectivity index (χ3v) is 2.73. The van der Waals surface area contributed by atoms with Gasteiger partial charge in [-0.05, 0) is 12.1 Å². The van der Waals surface area contributed by atoms with E-state index in [0.29, 0.717) is 18.9 Å². The van der Waals surface area contributed by atoms with E-state index in [1.165, 1.54) is 6.20 Å². The molecule has 0 fully saturated rings. The Bertz CT molecular complexity index is 585. The molecule has 20 heavy (non-hydrogen) atoms. The van der Waals surface area contributed by atoms with Crippen LogP contribution in [0.1, 0.15) is 0 Å². The summed E-state index contributed by atoms with van der Waals surface area (Å²) in [5, 5.41) is 8.67. The third-order valence-electron chi connectivity index (χ3n) is 2.73. The molecule has 1 aromatic carbocycles. The van der Waals surface area contributed by atoms with Crippen molar-refractivity contribution in [2.45, 2.75) is 6.10 Å². The van der Waals surface area contributed by atoms with Gasteiger partial charge in [0, 0.05) is 6.07 Å². The molecule has 2 amide bonds. The molecule has 2 aromatic rings. The summed E-state index contributed by atoms with van der Waals surface area (Å²) in [5.41, 5.74) is 0. The Morgan fingerprint density at radius 3 is 2.95 bits per heavy atom. The summed E-state index contributed by atoms with van der Waals surface area (Å²) in [4.78, 5) is 11.6. The van der Waals surface area contributed by atoms with Crippen LogP contribution in [0.25, 0.3) is 0 Å². The molecule has 7 nitrogen and oxygen atoms in total. The largest absolute Gasteiger partial charge is 0.486 e. The van der Waals surface area contributed by atoms with E-state index in [9.17, 15) is 4.79 Å². The van der Waals surface area contributed by atoms with E-state index >= 15 is 0 Å². The minimum absolute atomic E-state index is 0.231. The lowest BCUT2D eigenvalue weighted by Gasteiger charge is -2.26. The van der Waals surface area contributed by atoms with E-state index in [0.717, 1.165) is 5.75 Å². The van der Waals surface area contributed by atoms with Gasteiger partial charge in [-0.1, -0.05) is 17.3 Å².